The number of hydrogen-bond acceptors (Lipinski definition) is 5. The number of rotatable bonds is 3. The average molecular weight is 412 g/mol. The van der Waals surface area contributed by atoms with E-state index < -0.39 is 31.2 Å². The second kappa shape index (κ2) is 5.16. The van der Waals surface area contributed by atoms with Crippen LogP contribution in [0.2, 0.25) is 19.6 Å². The average Bonchev–Trinajstić information content (AvgIpc) is 2.38. The topological polar surface area (TPSA) is 52.6 Å². The van der Waals surface area contributed by atoms with E-state index in [-0.39, 0.29) is 12.2 Å². The molecule has 3 aliphatic rings. The molecule has 1 saturated heterocycles. The summed E-state index contributed by atoms with van der Waals surface area (Å²) in [6.07, 6.45) is 3.52. The molecule has 1 fully saturated rings. The van der Waals surface area contributed by atoms with Gasteiger partial charge in [-0.05, 0) is 54.6 Å². The maximum Gasteiger partial charge on any atom is 0.344 e. The minimum absolute atomic E-state index is 0.0320. The van der Waals surface area contributed by atoms with Crippen molar-refractivity contribution in [2.45, 2.75) is 43.0 Å². The van der Waals surface area contributed by atoms with Crippen molar-refractivity contribution in [1.29, 1.82) is 0 Å². The van der Waals surface area contributed by atoms with Crippen LogP contribution < -0.4 is 0 Å². The van der Waals surface area contributed by atoms with Crippen molar-refractivity contribution in [2.24, 2.45) is 0 Å². The molecule has 2 heterocycles. The molecule has 0 aromatic rings. The van der Waals surface area contributed by atoms with Gasteiger partial charge in [-0.2, -0.15) is 11.8 Å². The van der Waals surface area contributed by atoms with E-state index in [4.69, 9.17) is 9.16 Å². The molecular weight excluding hydrogens is 395 g/mol. The summed E-state index contributed by atoms with van der Waals surface area (Å²) in [5, 5.41) is -0.512. The summed E-state index contributed by atoms with van der Waals surface area (Å²) >= 11 is 3.50. The number of carbonyl (C=O) groups excluding carboxylic acids is 2. The number of halogens is 1. The van der Waals surface area contributed by atoms with Crippen molar-refractivity contribution in [3.8, 4) is 0 Å². The van der Waals surface area contributed by atoms with E-state index in [1.807, 2.05) is 32.0 Å². The summed E-state index contributed by atoms with van der Waals surface area (Å²) in [7, 11) is -2.02. The lowest BCUT2D eigenvalue weighted by molar-refractivity contribution is -0.162. The maximum absolute atomic E-state index is 12.5. The number of ether oxygens (including phenoxy) is 1. The van der Waals surface area contributed by atoms with Crippen LogP contribution in [0.4, 0.5) is 0 Å². The lowest BCUT2D eigenvalue weighted by atomic mass is 9.97. The fourth-order valence-corrected chi connectivity index (χ4v) is 6.22. The Morgan fingerprint density at radius 2 is 2.11 bits per heavy atom. The molecule has 0 radical (unpaired) electrons. The van der Waals surface area contributed by atoms with E-state index in [1.54, 1.807) is 0 Å². The monoisotopic (exact) mass is 412 g/mol. The fraction of sp³-hybridized carbons (Fsp3) is 0.667. The predicted molar refractivity (Wildman–Crippen MR) is 86.1 cm³/mol. The third-order valence-electron chi connectivity index (χ3n) is 3.02. The van der Waals surface area contributed by atoms with E-state index in [1.165, 1.54) is 11.8 Å². The van der Waals surface area contributed by atoms with Crippen molar-refractivity contribution in [3.63, 3.8) is 0 Å². The van der Waals surface area contributed by atoms with E-state index in [0.29, 0.717) is 0 Å². The molecule has 4 nitrogen and oxygen atoms in total. The quantitative estimate of drug-likeness (QED) is 0.405. The highest BCUT2D eigenvalue weighted by molar-refractivity contribution is 14.1. The molecule has 0 aromatic carbocycles. The SMILES string of the molecule is CS[C@H]1C(=O)C[C@@H]2C=C(I)[C@@]1(O[Si](C)(C)C)C(=O)O2. The van der Waals surface area contributed by atoms with Crippen molar-refractivity contribution < 1.29 is 18.8 Å². The van der Waals surface area contributed by atoms with Gasteiger partial charge in [-0.3, -0.25) is 4.79 Å². The third kappa shape index (κ3) is 2.66. The van der Waals surface area contributed by atoms with Crippen molar-refractivity contribution in [1.82, 2.24) is 0 Å². The Hall–Kier alpha value is 0.137. The second-order valence-corrected chi connectivity index (χ2v) is 12.2. The summed E-state index contributed by atoms with van der Waals surface area (Å²) in [4.78, 5) is 24.8. The fourth-order valence-electron chi connectivity index (χ4n) is 2.43. The van der Waals surface area contributed by atoms with Gasteiger partial charge in [-0.25, -0.2) is 4.79 Å². The van der Waals surface area contributed by atoms with Crippen LogP contribution in [0.5, 0.6) is 0 Å². The van der Waals surface area contributed by atoms with Crippen molar-refractivity contribution in [2.75, 3.05) is 6.26 Å². The first-order valence-electron chi connectivity index (χ1n) is 6.05. The zero-order valence-electron chi connectivity index (χ0n) is 11.4. The highest BCUT2D eigenvalue weighted by Gasteiger charge is 2.60. The molecule has 0 aromatic heterocycles. The lowest BCUT2D eigenvalue weighted by Crippen LogP contribution is -2.58. The Balaban J connectivity index is 2.58. The Morgan fingerprint density at radius 1 is 1.47 bits per heavy atom. The van der Waals surface area contributed by atoms with Gasteiger partial charge in [0.2, 0.25) is 5.60 Å². The third-order valence-corrected chi connectivity index (χ3v) is 6.18. The second-order valence-electron chi connectivity index (χ2n) is 5.69. The molecule has 0 unspecified atom stereocenters. The van der Waals surface area contributed by atoms with Crippen molar-refractivity contribution >= 4 is 54.4 Å². The van der Waals surface area contributed by atoms with Gasteiger partial charge in [0.25, 0.3) is 0 Å². The molecule has 2 bridgehead atoms. The number of Topliss-reactive ketones (excluding diaryl/α,β-unsaturated/α-hetero) is 1. The van der Waals surface area contributed by atoms with Gasteiger partial charge >= 0.3 is 5.97 Å². The van der Waals surface area contributed by atoms with E-state index >= 15 is 0 Å². The predicted octanol–water partition coefficient (Wildman–Crippen LogP) is 2.53. The van der Waals surface area contributed by atoms with Crippen LogP contribution in [-0.4, -0.2) is 43.3 Å². The molecular formula is C12H17IO4SSi. The molecule has 7 heteroatoms. The van der Waals surface area contributed by atoms with Crippen LogP contribution in [0, 0.1) is 0 Å². The van der Waals surface area contributed by atoms with Gasteiger partial charge in [0, 0.05) is 10.0 Å². The van der Waals surface area contributed by atoms with Gasteiger partial charge in [-0.1, -0.05) is 0 Å². The molecule has 0 amide bonds. The standard InChI is InChI=1S/C12H17IO4SSi/c1-18-10-8(14)5-7-6-9(13)12(10,11(15)16-7)17-19(2,3)4/h6-7,10H,5H2,1-4H3/t7-,10+,12+/m1/s1. The Bertz CT molecular complexity index is 459. The summed E-state index contributed by atoms with van der Waals surface area (Å²) in [5.74, 6) is -0.374. The van der Waals surface area contributed by atoms with Gasteiger partial charge in [-0.15, -0.1) is 0 Å². The number of thioether (sulfide) groups is 1. The van der Waals surface area contributed by atoms with E-state index in [2.05, 4.69) is 22.6 Å². The number of hydrogen-bond donors (Lipinski definition) is 0. The molecule has 1 aliphatic carbocycles. The molecule has 106 valence electrons. The Morgan fingerprint density at radius 3 is 2.58 bits per heavy atom. The highest BCUT2D eigenvalue weighted by Crippen LogP contribution is 2.46. The number of carbonyl (C=O) groups is 2. The molecule has 19 heavy (non-hydrogen) atoms. The van der Waals surface area contributed by atoms with Crippen molar-refractivity contribution in [3.05, 3.63) is 9.66 Å². The normalized spacial score (nSPS) is 34.9. The first-order chi connectivity index (χ1) is 8.70. The van der Waals surface area contributed by atoms with E-state index in [9.17, 15) is 9.59 Å². The van der Waals surface area contributed by atoms with Crippen LogP contribution in [0.25, 0.3) is 0 Å². The molecule has 0 N–H and O–H groups in total. The summed E-state index contributed by atoms with van der Waals surface area (Å²) < 4.78 is 12.3. The van der Waals surface area contributed by atoms with Crippen LogP contribution in [-0.2, 0) is 18.8 Å². The molecule has 3 atom stereocenters. The minimum Gasteiger partial charge on any atom is -0.455 e. The van der Waals surface area contributed by atoms with Gasteiger partial charge in [0.1, 0.15) is 11.4 Å². The van der Waals surface area contributed by atoms with Gasteiger partial charge in [0.15, 0.2) is 14.1 Å². The number of ketones is 1. The zero-order chi connectivity index (χ0) is 14.4. The summed E-state index contributed by atoms with van der Waals surface area (Å²) in [6, 6.07) is 0. The van der Waals surface area contributed by atoms with Crippen LogP contribution >= 0.6 is 34.4 Å². The van der Waals surface area contributed by atoms with Crippen LogP contribution in [0.15, 0.2) is 9.66 Å². The van der Waals surface area contributed by atoms with Crippen LogP contribution in [0.1, 0.15) is 6.42 Å². The maximum atomic E-state index is 12.5. The summed E-state index contributed by atoms with van der Waals surface area (Å²) in [5.41, 5.74) is -1.23. The first-order valence-corrected chi connectivity index (χ1v) is 11.8. The number of esters is 1. The zero-order valence-corrected chi connectivity index (χ0v) is 15.3. The summed E-state index contributed by atoms with van der Waals surface area (Å²) in [6.45, 7) is 6.04. The van der Waals surface area contributed by atoms with Gasteiger partial charge < -0.3 is 9.16 Å². The minimum atomic E-state index is -2.02. The van der Waals surface area contributed by atoms with E-state index in [0.717, 1.165) is 3.58 Å². The lowest BCUT2D eigenvalue weighted by Gasteiger charge is -2.41. The first kappa shape index (κ1) is 15.5. The largest absolute Gasteiger partial charge is 0.455 e. The Labute approximate surface area is 131 Å². The van der Waals surface area contributed by atoms with Gasteiger partial charge in [0.05, 0.1) is 0 Å². The molecule has 3 rings (SSSR count). The smallest absolute Gasteiger partial charge is 0.344 e. The number of fused-ring (bicyclic) bond motifs is 3. The molecule has 0 saturated carbocycles. The molecule has 2 aliphatic heterocycles. The molecule has 0 spiro atoms. The van der Waals surface area contributed by atoms with Crippen LogP contribution in [0.3, 0.4) is 0 Å². The Kier molecular flexibility index (Phi) is 4.21. The highest BCUT2D eigenvalue weighted by atomic mass is 127.